The molecule has 0 radical (unpaired) electrons. The zero-order chi connectivity index (χ0) is 17.8. The number of hydrogen-bond acceptors (Lipinski definition) is 4. The summed E-state index contributed by atoms with van der Waals surface area (Å²) in [5.41, 5.74) is 1.74. The van der Waals surface area contributed by atoms with Crippen molar-refractivity contribution in [3.8, 4) is 0 Å². The van der Waals surface area contributed by atoms with E-state index in [2.05, 4.69) is 15.7 Å². The number of halogens is 1. The molecule has 2 atom stereocenters. The molecular weight excluding hydrogens is 323 g/mol. The molecule has 1 fully saturated rings. The number of aromatic nitrogens is 2. The highest BCUT2D eigenvalue weighted by Gasteiger charge is 2.17. The summed E-state index contributed by atoms with van der Waals surface area (Å²) in [4.78, 5) is 12.3. The van der Waals surface area contributed by atoms with Crippen LogP contribution < -0.4 is 10.6 Å². The second kappa shape index (κ2) is 7.65. The Morgan fingerprint density at radius 3 is 3.04 bits per heavy atom. The van der Waals surface area contributed by atoms with E-state index >= 15 is 0 Å². The molecule has 0 bridgehead atoms. The molecule has 25 heavy (non-hydrogen) atoms. The van der Waals surface area contributed by atoms with Crippen LogP contribution in [0.25, 0.3) is 0 Å². The number of nitrogens with zero attached hydrogens (tertiary/aromatic N) is 2. The minimum Gasteiger partial charge on any atom is -0.376 e. The smallest absolute Gasteiger partial charge is 0.246 e. The van der Waals surface area contributed by atoms with Gasteiger partial charge in [-0.05, 0) is 44.4 Å². The zero-order valence-corrected chi connectivity index (χ0v) is 14.5. The second-order valence-corrected chi connectivity index (χ2v) is 6.41. The molecule has 0 saturated carbocycles. The molecule has 1 aromatic carbocycles. The van der Waals surface area contributed by atoms with Crippen molar-refractivity contribution in [2.24, 2.45) is 0 Å². The van der Waals surface area contributed by atoms with Crippen LogP contribution in [0.15, 0.2) is 30.6 Å². The van der Waals surface area contributed by atoms with Gasteiger partial charge >= 0.3 is 0 Å². The lowest BCUT2D eigenvalue weighted by atomic mass is 10.2. The lowest BCUT2D eigenvalue weighted by molar-refractivity contribution is -0.116. The number of carbonyl (C=O) groups is 1. The lowest BCUT2D eigenvalue weighted by Crippen LogP contribution is -2.31. The van der Waals surface area contributed by atoms with E-state index in [9.17, 15) is 9.18 Å². The molecule has 134 valence electrons. The van der Waals surface area contributed by atoms with Gasteiger partial charge in [0.05, 0.1) is 24.5 Å². The first-order valence-electron chi connectivity index (χ1n) is 8.49. The highest BCUT2D eigenvalue weighted by atomic mass is 19.1. The van der Waals surface area contributed by atoms with E-state index in [0.717, 1.165) is 25.1 Å². The van der Waals surface area contributed by atoms with Crippen molar-refractivity contribution >= 4 is 17.3 Å². The summed E-state index contributed by atoms with van der Waals surface area (Å²) in [6.45, 7) is 4.95. The van der Waals surface area contributed by atoms with Crippen molar-refractivity contribution < 1.29 is 13.9 Å². The van der Waals surface area contributed by atoms with Gasteiger partial charge in [-0.3, -0.25) is 9.48 Å². The number of amides is 1. The number of rotatable bonds is 6. The van der Waals surface area contributed by atoms with Gasteiger partial charge in [0.1, 0.15) is 11.9 Å². The molecule has 2 N–H and O–H groups in total. The fourth-order valence-electron chi connectivity index (χ4n) is 2.77. The van der Waals surface area contributed by atoms with E-state index < -0.39 is 6.04 Å². The summed E-state index contributed by atoms with van der Waals surface area (Å²) in [5.74, 6) is -0.580. The molecule has 2 unspecified atom stereocenters. The highest BCUT2D eigenvalue weighted by Crippen LogP contribution is 2.16. The van der Waals surface area contributed by atoms with Crippen molar-refractivity contribution in [2.45, 2.75) is 45.4 Å². The molecule has 1 saturated heterocycles. The average molecular weight is 346 g/mol. The van der Waals surface area contributed by atoms with Crippen molar-refractivity contribution in [2.75, 3.05) is 17.2 Å². The summed E-state index contributed by atoms with van der Waals surface area (Å²) in [6, 6.07) is 4.16. The Hall–Kier alpha value is -2.41. The quantitative estimate of drug-likeness (QED) is 0.844. The van der Waals surface area contributed by atoms with E-state index in [1.165, 1.54) is 6.07 Å². The standard InChI is InChI=1S/C18H23FN4O2/c1-12-5-6-14(8-17(12)19)22-18(24)13(2)21-15-9-20-23(10-15)11-16-4-3-7-25-16/h5-6,8-10,13,16,21H,3-4,7,11H2,1-2H3,(H,22,24). The van der Waals surface area contributed by atoms with E-state index in [1.807, 2.05) is 10.9 Å². The minimum atomic E-state index is -0.482. The predicted octanol–water partition coefficient (Wildman–Crippen LogP) is 2.95. The van der Waals surface area contributed by atoms with Gasteiger partial charge in [-0.1, -0.05) is 6.07 Å². The molecule has 1 amide bonds. The number of aryl methyl sites for hydroxylation is 1. The van der Waals surface area contributed by atoms with Gasteiger partial charge in [-0.15, -0.1) is 0 Å². The van der Waals surface area contributed by atoms with E-state index in [-0.39, 0.29) is 17.8 Å². The van der Waals surface area contributed by atoms with Crippen LogP contribution in [0.1, 0.15) is 25.3 Å². The first-order chi connectivity index (χ1) is 12.0. The van der Waals surface area contributed by atoms with E-state index in [4.69, 9.17) is 4.74 Å². The Labute approximate surface area is 146 Å². The van der Waals surface area contributed by atoms with Crippen LogP contribution in [0, 0.1) is 12.7 Å². The third kappa shape index (κ3) is 4.57. The topological polar surface area (TPSA) is 68.2 Å². The number of benzene rings is 1. The SMILES string of the molecule is Cc1ccc(NC(=O)C(C)Nc2cnn(CC3CCCO3)c2)cc1F. The monoisotopic (exact) mass is 346 g/mol. The maximum Gasteiger partial charge on any atom is 0.246 e. The number of ether oxygens (including phenoxy) is 1. The molecule has 0 aliphatic carbocycles. The Morgan fingerprint density at radius 2 is 2.32 bits per heavy atom. The maximum absolute atomic E-state index is 13.6. The molecule has 1 aliphatic rings. The Balaban J connectivity index is 1.54. The third-order valence-electron chi connectivity index (χ3n) is 4.26. The van der Waals surface area contributed by atoms with E-state index in [0.29, 0.717) is 17.8 Å². The van der Waals surface area contributed by atoms with Gasteiger partial charge in [0, 0.05) is 18.5 Å². The van der Waals surface area contributed by atoms with Crippen LogP contribution in [0.2, 0.25) is 0 Å². The maximum atomic E-state index is 13.6. The average Bonchev–Trinajstić information content (AvgIpc) is 3.23. The van der Waals surface area contributed by atoms with Crippen LogP contribution in [-0.2, 0) is 16.1 Å². The Morgan fingerprint density at radius 1 is 1.48 bits per heavy atom. The molecule has 3 rings (SSSR count). The summed E-state index contributed by atoms with van der Waals surface area (Å²) in [6.07, 6.45) is 5.90. The Bertz CT molecular complexity index is 740. The van der Waals surface area contributed by atoms with Crippen LogP contribution >= 0.6 is 0 Å². The summed E-state index contributed by atoms with van der Waals surface area (Å²) in [7, 11) is 0. The molecule has 2 aromatic rings. The van der Waals surface area contributed by atoms with Crippen LogP contribution in [0.4, 0.5) is 15.8 Å². The first-order valence-corrected chi connectivity index (χ1v) is 8.49. The fourth-order valence-corrected chi connectivity index (χ4v) is 2.77. The van der Waals surface area contributed by atoms with Crippen LogP contribution in [-0.4, -0.2) is 34.4 Å². The largest absolute Gasteiger partial charge is 0.376 e. The molecule has 1 aromatic heterocycles. The van der Waals surface area contributed by atoms with E-state index in [1.54, 1.807) is 32.2 Å². The minimum absolute atomic E-state index is 0.213. The van der Waals surface area contributed by atoms with Gasteiger partial charge in [0.25, 0.3) is 0 Å². The number of hydrogen-bond donors (Lipinski definition) is 2. The number of carbonyl (C=O) groups excluding carboxylic acids is 1. The van der Waals surface area contributed by atoms with Crippen molar-refractivity contribution in [1.29, 1.82) is 0 Å². The molecular formula is C18H23FN4O2. The predicted molar refractivity (Wildman–Crippen MR) is 94.1 cm³/mol. The van der Waals surface area contributed by atoms with Crippen LogP contribution in [0.5, 0.6) is 0 Å². The van der Waals surface area contributed by atoms with Gasteiger partial charge in [0.2, 0.25) is 5.91 Å². The van der Waals surface area contributed by atoms with Gasteiger partial charge in [-0.25, -0.2) is 4.39 Å². The van der Waals surface area contributed by atoms with Crippen molar-refractivity contribution in [1.82, 2.24) is 9.78 Å². The number of nitrogens with one attached hydrogen (secondary N) is 2. The summed E-state index contributed by atoms with van der Waals surface area (Å²) < 4.78 is 21.0. The Kier molecular flexibility index (Phi) is 5.33. The molecule has 2 heterocycles. The first kappa shape index (κ1) is 17.4. The van der Waals surface area contributed by atoms with Gasteiger partial charge in [-0.2, -0.15) is 5.10 Å². The van der Waals surface area contributed by atoms with Gasteiger partial charge < -0.3 is 15.4 Å². The molecule has 6 nitrogen and oxygen atoms in total. The van der Waals surface area contributed by atoms with Crippen LogP contribution in [0.3, 0.4) is 0 Å². The van der Waals surface area contributed by atoms with Crippen molar-refractivity contribution in [3.05, 3.63) is 42.0 Å². The molecule has 7 heteroatoms. The highest BCUT2D eigenvalue weighted by molar-refractivity contribution is 5.96. The lowest BCUT2D eigenvalue weighted by Gasteiger charge is -2.14. The van der Waals surface area contributed by atoms with Crippen molar-refractivity contribution in [3.63, 3.8) is 0 Å². The normalized spacial score (nSPS) is 18.1. The second-order valence-electron chi connectivity index (χ2n) is 6.41. The third-order valence-corrected chi connectivity index (χ3v) is 4.26. The number of anilines is 2. The molecule has 0 spiro atoms. The molecule has 1 aliphatic heterocycles. The zero-order valence-electron chi connectivity index (χ0n) is 14.5. The van der Waals surface area contributed by atoms with Gasteiger partial charge in [0.15, 0.2) is 0 Å². The summed E-state index contributed by atoms with van der Waals surface area (Å²) in [5, 5.41) is 10.1. The fraction of sp³-hybridized carbons (Fsp3) is 0.444. The summed E-state index contributed by atoms with van der Waals surface area (Å²) >= 11 is 0.